The molecule has 0 bridgehead atoms. The minimum absolute atomic E-state index is 0.184. The van der Waals surface area contributed by atoms with E-state index in [2.05, 4.69) is 17.4 Å². The molecule has 3 heteroatoms. The molecular formula is C12H14O3. The normalized spacial score (nSPS) is 30.3. The fourth-order valence-electron chi connectivity index (χ4n) is 2.44. The largest absolute Gasteiger partial charge is 0.392 e. The molecular weight excluding hydrogens is 192 g/mol. The molecule has 1 aliphatic carbocycles. The van der Waals surface area contributed by atoms with E-state index in [9.17, 15) is 9.59 Å². The van der Waals surface area contributed by atoms with Gasteiger partial charge in [-0.15, -0.1) is 6.58 Å². The highest BCUT2D eigenvalue weighted by molar-refractivity contribution is 5.99. The predicted octanol–water partition coefficient (Wildman–Crippen LogP) is 2.13. The number of rotatable bonds is 3. The molecule has 0 aromatic heterocycles. The Morgan fingerprint density at radius 3 is 2.80 bits per heavy atom. The molecule has 1 aliphatic heterocycles. The molecule has 1 saturated heterocycles. The van der Waals surface area contributed by atoms with Gasteiger partial charge in [-0.2, -0.15) is 0 Å². The maximum atomic E-state index is 11.8. The van der Waals surface area contributed by atoms with Crippen molar-refractivity contribution in [3.05, 3.63) is 24.3 Å². The average Bonchev–Trinajstić information content (AvgIpc) is 2.76. The van der Waals surface area contributed by atoms with Crippen molar-refractivity contribution in [2.45, 2.75) is 32.1 Å². The number of allylic oxidation sites excluding steroid dienone is 2. The molecule has 1 unspecified atom stereocenters. The van der Waals surface area contributed by atoms with Crippen molar-refractivity contribution < 1.29 is 14.3 Å². The van der Waals surface area contributed by atoms with Crippen molar-refractivity contribution >= 4 is 11.9 Å². The molecule has 0 spiro atoms. The molecule has 0 saturated carbocycles. The maximum Gasteiger partial charge on any atom is 0.324 e. The van der Waals surface area contributed by atoms with Crippen molar-refractivity contribution in [2.24, 2.45) is 5.41 Å². The van der Waals surface area contributed by atoms with Gasteiger partial charge in [-0.1, -0.05) is 17.7 Å². The first-order valence-corrected chi connectivity index (χ1v) is 5.24. The Bertz CT molecular complexity index is 354. The van der Waals surface area contributed by atoms with Crippen LogP contribution in [0, 0.1) is 5.41 Å². The summed E-state index contributed by atoms with van der Waals surface area (Å²) in [6, 6.07) is 0. The fourth-order valence-corrected chi connectivity index (χ4v) is 2.44. The summed E-state index contributed by atoms with van der Waals surface area (Å²) in [6.45, 7) is 3.65. The van der Waals surface area contributed by atoms with Crippen LogP contribution in [0.1, 0.15) is 32.1 Å². The lowest BCUT2D eigenvalue weighted by molar-refractivity contribution is -0.154. The van der Waals surface area contributed by atoms with Gasteiger partial charge < -0.3 is 4.74 Å². The van der Waals surface area contributed by atoms with Crippen LogP contribution in [0.15, 0.2) is 24.3 Å². The molecule has 0 amide bonds. The van der Waals surface area contributed by atoms with Crippen molar-refractivity contribution in [1.29, 1.82) is 0 Å². The third-order valence-corrected chi connectivity index (χ3v) is 3.19. The quantitative estimate of drug-likeness (QED) is 0.403. The lowest BCUT2D eigenvalue weighted by Crippen LogP contribution is -2.27. The van der Waals surface area contributed by atoms with Gasteiger partial charge in [0.15, 0.2) is 0 Å². The van der Waals surface area contributed by atoms with Crippen LogP contribution in [0.3, 0.4) is 0 Å². The van der Waals surface area contributed by atoms with Crippen LogP contribution in [-0.2, 0) is 14.3 Å². The van der Waals surface area contributed by atoms with E-state index in [-0.39, 0.29) is 12.4 Å². The average molecular weight is 206 g/mol. The molecule has 1 atom stereocenters. The molecule has 15 heavy (non-hydrogen) atoms. The van der Waals surface area contributed by atoms with Crippen molar-refractivity contribution in [1.82, 2.24) is 0 Å². The van der Waals surface area contributed by atoms with Gasteiger partial charge in [0.25, 0.3) is 0 Å². The summed E-state index contributed by atoms with van der Waals surface area (Å²) in [4.78, 5) is 22.9. The summed E-state index contributed by atoms with van der Waals surface area (Å²) < 4.78 is 4.68. The summed E-state index contributed by atoms with van der Waals surface area (Å²) in [5.41, 5.74) is 0.355. The van der Waals surface area contributed by atoms with Gasteiger partial charge in [0.05, 0.1) is 6.42 Å². The van der Waals surface area contributed by atoms with E-state index in [1.54, 1.807) is 6.08 Å². The molecule has 80 valence electrons. The van der Waals surface area contributed by atoms with Gasteiger partial charge in [0.1, 0.15) is 5.41 Å². The number of hydrogen-bond acceptors (Lipinski definition) is 3. The zero-order valence-corrected chi connectivity index (χ0v) is 8.62. The summed E-state index contributed by atoms with van der Waals surface area (Å²) in [5.74, 6) is -0.796. The van der Waals surface area contributed by atoms with Gasteiger partial charge in [-0.25, -0.2) is 0 Å². The first-order valence-electron chi connectivity index (χ1n) is 5.24. The fraction of sp³-hybridized carbons (Fsp3) is 0.500. The van der Waals surface area contributed by atoms with E-state index in [1.165, 1.54) is 0 Å². The molecule has 1 heterocycles. The second-order valence-electron chi connectivity index (χ2n) is 4.13. The molecule has 0 N–H and O–H groups in total. The van der Waals surface area contributed by atoms with Gasteiger partial charge in [-0.3, -0.25) is 9.59 Å². The lowest BCUT2D eigenvalue weighted by atomic mass is 9.75. The molecule has 2 rings (SSSR count). The lowest BCUT2D eigenvalue weighted by Gasteiger charge is -2.23. The van der Waals surface area contributed by atoms with Gasteiger partial charge in [-0.05, 0) is 25.7 Å². The Kier molecular flexibility index (Phi) is 2.47. The van der Waals surface area contributed by atoms with Crippen LogP contribution in [0.2, 0.25) is 0 Å². The van der Waals surface area contributed by atoms with Crippen LogP contribution in [0.5, 0.6) is 0 Å². The van der Waals surface area contributed by atoms with Crippen LogP contribution in [0.4, 0.5) is 0 Å². The highest BCUT2D eigenvalue weighted by Gasteiger charge is 2.50. The van der Waals surface area contributed by atoms with E-state index in [1.807, 2.05) is 0 Å². The van der Waals surface area contributed by atoms with Crippen molar-refractivity contribution in [2.75, 3.05) is 0 Å². The minimum atomic E-state index is -0.713. The van der Waals surface area contributed by atoms with Gasteiger partial charge in [0.2, 0.25) is 0 Å². The Balaban J connectivity index is 2.35. The van der Waals surface area contributed by atoms with Gasteiger partial charge >= 0.3 is 11.9 Å². The van der Waals surface area contributed by atoms with Gasteiger partial charge in [0, 0.05) is 0 Å². The standard InChI is InChI=1S/C12H14O3/c1-2-7-12(9-5-3-4-6-9)8-10(13)15-11(12)14/h2,5H,1,3-4,6-8H2. The zero-order chi connectivity index (χ0) is 10.9. The second-order valence-corrected chi connectivity index (χ2v) is 4.13. The third-order valence-electron chi connectivity index (χ3n) is 3.19. The highest BCUT2D eigenvalue weighted by Crippen LogP contribution is 2.45. The molecule has 1 fully saturated rings. The number of carbonyl (C=O) groups excluding carboxylic acids is 2. The van der Waals surface area contributed by atoms with Crippen LogP contribution in [0.25, 0.3) is 0 Å². The van der Waals surface area contributed by atoms with E-state index in [0.29, 0.717) is 6.42 Å². The van der Waals surface area contributed by atoms with Crippen LogP contribution >= 0.6 is 0 Å². The van der Waals surface area contributed by atoms with E-state index in [4.69, 9.17) is 0 Å². The first kappa shape index (κ1) is 10.1. The monoisotopic (exact) mass is 206 g/mol. The zero-order valence-electron chi connectivity index (χ0n) is 8.62. The first-order chi connectivity index (χ1) is 7.19. The highest BCUT2D eigenvalue weighted by atomic mass is 16.6. The molecule has 2 aliphatic rings. The van der Waals surface area contributed by atoms with Crippen LogP contribution < -0.4 is 0 Å². The van der Waals surface area contributed by atoms with E-state index >= 15 is 0 Å². The number of hydrogen-bond donors (Lipinski definition) is 0. The summed E-state index contributed by atoms with van der Waals surface area (Å²) in [5, 5.41) is 0. The topological polar surface area (TPSA) is 43.4 Å². The molecule has 0 radical (unpaired) electrons. The van der Waals surface area contributed by atoms with Crippen molar-refractivity contribution in [3.8, 4) is 0 Å². The smallest absolute Gasteiger partial charge is 0.324 e. The Hall–Kier alpha value is -1.38. The summed E-state index contributed by atoms with van der Waals surface area (Å²) in [6.07, 6.45) is 7.41. The number of esters is 2. The third kappa shape index (κ3) is 1.52. The molecule has 0 aromatic carbocycles. The Morgan fingerprint density at radius 1 is 1.53 bits per heavy atom. The van der Waals surface area contributed by atoms with Crippen LogP contribution in [-0.4, -0.2) is 11.9 Å². The minimum Gasteiger partial charge on any atom is -0.392 e. The SMILES string of the molecule is C=CCC1(C2=CCCC2)CC(=O)OC1=O. The number of carbonyl (C=O) groups is 2. The van der Waals surface area contributed by atoms with E-state index in [0.717, 1.165) is 24.8 Å². The Morgan fingerprint density at radius 2 is 2.33 bits per heavy atom. The van der Waals surface area contributed by atoms with E-state index < -0.39 is 11.4 Å². The number of ether oxygens (including phenoxy) is 1. The summed E-state index contributed by atoms with van der Waals surface area (Å²) >= 11 is 0. The summed E-state index contributed by atoms with van der Waals surface area (Å²) in [7, 11) is 0. The molecule has 0 aromatic rings. The van der Waals surface area contributed by atoms with Crippen molar-refractivity contribution in [3.63, 3.8) is 0 Å². The maximum absolute atomic E-state index is 11.8. The Labute approximate surface area is 88.8 Å². The second kappa shape index (κ2) is 3.65. The molecule has 3 nitrogen and oxygen atoms in total. The number of cyclic esters (lactones) is 2. The predicted molar refractivity (Wildman–Crippen MR) is 54.9 cm³/mol.